The number of nitrogens with zero attached hydrogens (tertiary/aromatic N) is 3. The average Bonchev–Trinajstić information content (AvgIpc) is 3.62. The summed E-state index contributed by atoms with van der Waals surface area (Å²) in [5, 5.41) is 4.38. The van der Waals surface area contributed by atoms with Gasteiger partial charge in [0.1, 0.15) is 11.2 Å². The Hall–Kier alpha value is -7.17. The van der Waals surface area contributed by atoms with Gasteiger partial charge in [-0.05, 0) is 74.5 Å². The molecule has 10 rings (SSSR count). The molecule has 0 unspecified atom stereocenters. The molecular weight excluding hydrogens is 647 g/mol. The first kappa shape index (κ1) is 30.6. The van der Waals surface area contributed by atoms with E-state index >= 15 is 0 Å². The Morgan fingerprint density at radius 1 is 0.302 bits per heavy atom. The average molecular weight is 678 g/mol. The third kappa shape index (κ3) is 5.63. The van der Waals surface area contributed by atoms with Gasteiger partial charge in [-0.2, -0.15) is 0 Å². The van der Waals surface area contributed by atoms with Crippen LogP contribution in [0.4, 0.5) is 0 Å². The van der Waals surface area contributed by atoms with Crippen LogP contribution in [0.2, 0.25) is 0 Å². The third-order valence-corrected chi connectivity index (χ3v) is 9.93. The molecule has 2 heterocycles. The Morgan fingerprint density at radius 2 is 0.849 bits per heavy atom. The molecule has 248 valence electrons. The SMILES string of the molecule is c1ccc(-c2cccc(-c3ccc4c(-c5ccc6oc7cccc(-c8nc(-c9ccccc9)nc(-c9ccccc9)n8)c7c6c5)cccc4c3)c2)cc1. The smallest absolute Gasteiger partial charge is 0.164 e. The van der Waals surface area contributed by atoms with Gasteiger partial charge in [0.05, 0.1) is 0 Å². The molecule has 0 atom stereocenters. The van der Waals surface area contributed by atoms with E-state index in [1.54, 1.807) is 0 Å². The van der Waals surface area contributed by atoms with Crippen molar-refractivity contribution >= 4 is 32.7 Å². The Morgan fingerprint density at radius 3 is 1.57 bits per heavy atom. The van der Waals surface area contributed by atoms with E-state index in [-0.39, 0.29) is 0 Å². The Kier molecular flexibility index (Phi) is 7.43. The molecule has 4 nitrogen and oxygen atoms in total. The highest BCUT2D eigenvalue weighted by atomic mass is 16.3. The van der Waals surface area contributed by atoms with Gasteiger partial charge in [0.15, 0.2) is 17.5 Å². The molecule has 0 saturated heterocycles. The molecular formula is C49H31N3O. The van der Waals surface area contributed by atoms with Gasteiger partial charge < -0.3 is 4.42 Å². The molecule has 0 aliphatic rings. The fourth-order valence-corrected chi connectivity index (χ4v) is 7.33. The Labute approximate surface area is 306 Å². The van der Waals surface area contributed by atoms with Crippen molar-refractivity contribution < 1.29 is 4.42 Å². The molecule has 0 N–H and O–H groups in total. The van der Waals surface area contributed by atoms with Gasteiger partial charge in [-0.3, -0.25) is 0 Å². The van der Waals surface area contributed by atoms with E-state index < -0.39 is 0 Å². The molecule has 0 aliphatic heterocycles. The number of rotatable bonds is 6. The van der Waals surface area contributed by atoms with Crippen molar-refractivity contribution in [2.45, 2.75) is 0 Å². The van der Waals surface area contributed by atoms with E-state index in [9.17, 15) is 0 Å². The van der Waals surface area contributed by atoms with Gasteiger partial charge in [0.2, 0.25) is 0 Å². The molecule has 0 amide bonds. The lowest BCUT2D eigenvalue weighted by atomic mass is 9.93. The highest BCUT2D eigenvalue weighted by Crippen LogP contribution is 2.40. The minimum Gasteiger partial charge on any atom is -0.456 e. The standard InChI is InChI=1S/C49H31N3O/c1-4-13-32(14-5-1)35-19-10-20-36(29-35)37-25-27-41-38(30-37)21-11-22-40(41)39-26-28-44-43(31-39)46-42(23-12-24-45(46)53-44)49-51-47(33-15-6-2-7-16-33)50-48(52-49)34-17-8-3-9-18-34/h1-31H. The second kappa shape index (κ2) is 12.9. The summed E-state index contributed by atoms with van der Waals surface area (Å²) in [5.41, 5.74) is 11.5. The predicted octanol–water partition coefficient (Wildman–Crippen LogP) is 12.9. The van der Waals surface area contributed by atoms with Crippen LogP contribution in [0.3, 0.4) is 0 Å². The fraction of sp³-hybridized carbons (Fsp3) is 0. The molecule has 0 radical (unpaired) electrons. The van der Waals surface area contributed by atoms with Gasteiger partial charge in [-0.1, -0.05) is 158 Å². The zero-order chi connectivity index (χ0) is 35.1. The van der Waals surface area contributed by atoms with E-state index in [0.29, 0.717) is 17.5 Å². The molecule has 4 heteroatoms. The highest BCUT2D eigenvalue weighted by Gasteiger charge is 2.19. The number of fused-ring (bicyclic) bond motifs is 4. The number of hydrogen-bond acceptors (Lipinski definition) is 4. The lowest BCUT2D eigenvalue weighted by molar-refractivity contribution is 0.669. The zero-order valence-electron chi connectivity index (χ0n) is 28.6. The van der Waals surface area contributed by atoms with Crippen LogP contribution < -0.4 is 0 Å². The summed E-state index contributed by atoms with van der Waals surface area (Å²) in [4.78, 5) is 15.0. The van der Waals surface area contributed by atoms with Crippen molar-refractivity contribution in [3.63, 3.8) is 0 Å². The Bertz CT molecular complexity index is 2880. The normalized spacial score (nSPS) is 11.4. The van der Waals surface area contributed by atoms with Crippen molar-refractivity contribution in [2.75, 3.05) is 0 Å². The van der Waals surface area contributed by atoms with E-state index in [2.05, 4.69) is 115 Å². The number of furan rings is 1. The van der Waals surface area contributed by atoms with E-state index in [0.717, 1.165) is 44.2 Å². The summed E-state index contributed by atoms with van der Waals surface area (Å²) in [6.07, 6.45) is 0. The summed E-state index contributed by atoms with van der Waals surface area (Å²) in [5.74, 6) is 1.86. The summed E-state index contributed by atoms with van der Waals surface area (Å²) in [7, 11) is 0. The molecule has 0 bridgehead atoms. The maximum absolute atomic E-state index is 6.46. The number of hydrogen-bond donors (Lipinski definition) is 0. The Balaban J connectivity index is 1.10. The van der Waals surface area contributed by atoms with Gasteiger partial charge in [0.25, 0.3) is 0 Å². The van der Waals surface area contributed by atoms with E-state index in [4.69, 9.17) is 19.4 Å². The first-order chi connectivity index (χ1) is 26.2. The van der Waals surface area contributed by atoms with Crippen LogP contribution >= 0.6 is 0 Å². The highest BCUT2D eigenvalue weighted by molar-refractivity contribution is 6.13. The zero-order valence-corrected chi connectivity index (χ0v) is 28.6. The summed E-state index contributed by atoms with van der Waals surface area (Å²) < 4.78 is 6.46. The lowest BCUT2D eigenvalue weighted by Crippen LogP contribution is -2.00. The second-order valence-electron chi connectivity index (χ2n) is 13.2. The molecule has 53 heavy (non-hydrogen) atoms. The van der Waals surface area contributed by atoms with Crippen molar-refractivity contribution in [1.82, 2.24) is 15.0 Å². The van der Waals surface area contributed by atoms with Crippen molar-refractivity contribution in [3.8, 4) is 67.5 Å². The van der Waals surface area contributed by atoms with Crippen LogP contribution in [0.1, 0.15) is 0 Å². The molecule has 2 aromatic heterocycles. The summed E-state index contributed by atoms with van der Waals surface area (Å²) in [6, 6.07) is 65.3. The molecule has 0 saturated carbocycles. The fourth-order valence-electron chi connectivity index (χ4n) is 7.33. The lowest BCUT2D eigenvalue weighted by Gasteiger charge is -2.11. The van der Waals surface area contributed by atoms with Crippen LogP contribution in [-0.4, -0.2) is 15.0 Å². The van der Waals surface area contributed by atoms with Crippen LogP contribution in [0.15, 0.2) is 192 Å². The summed E-state index contributed by atoms with van der Waals surface area (Å²) in [6.45, 7) is 0. The van der Waals surface area contributed by atoms with Crippen molar-refractivity contribution in [1.29, 1.82) is 0 Å². The maximum atomic E-state index is 6.46. The van der Waals surface area contributed by atoms with Gasteiger partial charge in [-0.25, -0.2) is 15.0 Å². The number of benzene rings is 8. The summed E-state index contributed by atoms with van der Waals surface area (Å²) >= 11 is 0. The molecule has 10 aromatic rings. The van der Waals surface area contributed by atoms with Crippen LogP contribution in [-0.2, 0) is 0 Å². The van der Waals surface area contributed by atoms with Crippen LogP contribution in [0, 0.1) is 0 Å². The molecule has 0 spiro atoms. The van der Waals surface area contributed by atoms with Crippen molar-refractivity contribution in [3.05, 3.63) is 188 Å². The van der Waals surface area contributed by atoms with E-state index in [1.807, 2.05) is 72.8 Å². The monoisotopic (exact) mass is 677 g/mol. The van der Waals surface area contributed by atoms with Crippen LogP contribution in [0.25, 0.3) is 100 Å². The second-order valence-corrected chi connectivity index (χ2v) is 13.2. The van der Waals surface area contributed by atoms with Gasteiger partial charge >= 0.3 is 0 Å². The minimum absolute atomic E-state index is 0.602. The van der Waals surface area contributed by atoms with Gasteiger partial charge in [0, 0.05) is 27.5 Å². The topological polar surface area (TPSA) is 51.8 Å². The third-order valence-electron chi connectivity index (χ3n) is 9.93. The molecule has 0 aliphatic carbocycles. The molecule has 0 fully saturated rings. The maximum Gasteiger partial charge on any atom is 0.164 e. The minimum atomic E-state index is 0.602. The molecule has 8 aromatic carbocycles. The first-order valence-electron chi connectivity index (χ1n) is 17.8. The number of aromatic nitrogens is 3. The van der Waals surface area contributed by atoms with E-state index in [1.165, 1.54) is 38.6 Å². The quantitative estimate of drug-likeness (QED) is 0.176. The first-order valence-corrected chi connectivity index (χ1v) is 17.8. The largest absolute Gasteiger partial charge is 0.456 e. The predicted molar refractivity (Wildman–Crippen MR) is 217 cm³/mol. The van der Waals surface area contributed by atoms with Crippen molar-refractivity contribution in [2.24, 2.45) is 0 Å². The van der Waals surface area contributed by atoms with Crippen LogP contribution in [0.5, 0.6) is 0 Å². The van der Waals surface area contributed by atoms with Gasteiger partial charge in [-0.15, -0.1) is 0 Å².